The van der Waals surface area contributed by atoms with E-state index in [9.17, 15) is 4.79 Å². The SMILES string of the molecule is C[C@@H]1CCCC(C)(C)C1CCC=O. The third-order valence-corrected chi connectivity index (χ3v) is 3.77. The summed E-state index contributed by atoms with van der Waals surface area (Å²) in [6.45, 7) is 7.06. The highest BCUT2D eigenvalue weighted by Crippen LogP contribution is 2.45. The van der Waals surface area contributed by atoms with Gasteiger partial charge in [0.1, 0.15) is 6.29 Å². The maximum atomic E-state index is 10.4. The molecule has 1 unspecified atom stereocenters. The second-order valence-electron chi connectivity index (χ2n) is 5.21. The molecule has 1 nitrogen and oxygen atoms in total. The van der Waals surface area contributed by atoms with Gasteiger partial charge in [0.05, 0.1) is 0 Å². The molecule has 1 heteroatoms. The molecular formula is C12H22O. The third-order valence-electron chi connectivity index (χ3n) is 3.77. The molecule has 1 rings (SSSR count). The minimum absolute atomic E-state index is 0.459. The van der Waals surface area contributed by atoms with Crippen LogP contribution in [0.25, 0.3) is 0 Å². The summed E-state index contributed by atoms with van der Waals surface area (Å²) in [6.07, 6.45) is 6.97. The Kier molecular flexibility index (Phi) is 3.52. The third kappa shape index (κ3) is 2.55. The van der Waals surface area contributed by atoms with Gasteiger partial charge < -0.3 is 4.79 Å². The molecule has 1 fully saturated rings. The first kappa shape index (κ1) is 10.7. The van der Waals surface area contributed by atoms with Gasteiger partial charge >= 0.3 is 0 Å². The second kappa shape index (κ2) is 4.26. The first-order chi connectivity index (χ1) is 6.08. The van der Waals surface area contributed by atoms with Crippen molar-refractivity contribution in [1.29, 1.82) is 0 Å². The summed E-state index contributed by atoms with van der Waals surface area (Å²) in [4.78, 5) is 10.4. The summed E-state index contributed by atoms with van der Waals surface area (Å²) in [5.74, 6) is 1.56. The first-order valence-corrected chi connectivity index (χ1v) is 5.51. The molecule has 76 valence electrons. The molecule has 0 amide bonds. The van der Waals surface area contributed by atoms with Crippen molar-refractivity contribution in [2.45, 2.75) is 52.9 Å². The Hall–Kier alpha value is -0.330. The molecule has 1 saturated carbocycles. The predicted molar refractivity (Wildman–Crippen MR) is 55.6 cm³/mol. The summed E-state index contributed by atoms with van der Waals surface area (Å²) in [5, 5.41) is 0. The van der Waals surface area contributed by atoms with Crippen LogP contribution in [0.4, 0.5) is 0 Å². The van der Waals surface area contributed by atoms with Crippen LogP contribution in [0.5, 0.6) is 0 Å². The summed E-state index contributed by atoms with van der Waals surface area (Å²) >= 11 is 0. The molecule has 0 aromatic rings. The zero-order chi connectivity index (χ0) is 9.90. The number of carbonyl (C=O) groups is 1. The highest BCUT2D eigenvalue weighted by atomic mass is 16.1. The van der Waals surface area contributed by atoms with Crippen molar-refractivity contribution < 1.29 is 4.79 Å². The molecule has 0 spiro atoms. The van der Waals surface area contributed by atoms with Gasteiger partial charge in [0.25, 0.3) is 0 Å². The van der Waals surface area contributed by atoms with Crippen molar-refractivity contribution >= 4 is 6.29 Å². The van der Waals surface area contributed by atoms with Gasteiger partial charge in [-0.25, -0.2) is 0 Å². The maximum absolute atomic E-state index is 10.4. The van der Waals surface area contributed by atoms with Crippen molar-refractivity contribution in [2.24, 2.45) is 17.3 Å². The highest BCUT2D eigenvalue weighted by Gasteiger charge is 2.35. The molecule has 0 bridgehead atoms. The van der Waals surface area contributed by atoms with Crippen LogP contribution in [0.15, 0.2) is 0 Å². The quantitative estimate of drug-likeness (QED) is 0.611. The van der Waals surface area contributed by atoms with Gasteiger partial charge in [-0.05, 0) is 30.1 Å². The monoisotopic (exact) mass is 182 g/mol. The van der Waals surface area contributed by atoms with E-state index in [0.29, 0.717) is 5.41 Å². The molecule has 0 radical (unpaired) electrons. The molecule has 0 heterocycles. The Morgan fingerprint density at radius 3 is 2.69 bits per heavy atom. The topological polar surface area (TPSA) is 17.1 Å². The first-order valence-electron chi connectivity index (χ1n) is 5.51. The summed E-state index contributed by atoms with van der Waals surface area (Å²) < 4.78 is 0. The van der Waals surface area contributed by atoms with Crippen LogP contribution < -0.4 is 0 Å². The van der Waals surface area contributed by atoms with Crippen molar-refractivity contribution in [3.8, 4) is 0 Å². The van der Waals surface area contributed by atoms with Crippen LogP contribution in [0.3, 0.4) is 0 Å². The zero-order valence-electron chi connectivity index (χ0n) is 9.18. The standard InChI is InChI=1S/C12H22O/c1-10-6-4-8-12(2,3)11(10)7-5-9-13/h9-11H,4-8H2,1-3H3/t10-,11?/m1/s1. The van der Waals surface area contributed by atoms with Gasteiger partial charge in [-0.1, -0.05) is 33.6 Å². The van der Waals surface area contributed by atoms with E-state index in [4.69, 9.17) is 0 Å². The van der Waals surface area contributed by atoms with Gasteiger partial charge in [0.2, 0.25) is 0 Å². The van der Waals surface area contributed by atoms with Crippen LogP contribution in [0, 0.1) is 17.3 Å². The number of aldehydes is 1. The summed E-state index contributed by atoms with van der Waals surface area (Å²) in [5.41, 5.74) is 0.459. The smallest absolute Gasteiger partial charge is 0.120 e. The molecule has 13 heavy (non-hydrogen) atoms. The van der Waals surface area contributed by atoms with E-state index in [0.717, 1.165) is 31.0 Å². The highest BCUT2D eigenvalue weighted by molar-refractivity contribution is 5.49. The fourth-order valence-electron chi connectivity index (χ4n) is 2.96. The fourth-order valence-corrected chi connectivity index (χ4v) is 2.96. The van der Waals surface area contributed by atoms with Crippen LogP contribution >= 0.6 is 0 Å². The Bertz CT molecular complexity index is 172. The normalized spacial score (nSPS) is 32.8. The lowest BCUT2D eigenvalue weighted by Gasteiger charge is -2.43. The van der Waals surface area contributed by atoms with Crippen molar-refractivity contribution in [3.63, 3.8) is 0 Å². The van der Waals surface area contributed by atoms with E-state index >= 15 is 0 Å². The molecule has 2 atom stereocenters. The van der Waals surface area contributed by atoms with Crippen molar-refractivity contribution in [1.82, 2.24) is 0 Å². The van der Waals surface area contributed by atoms with Gasteiger partial charge in [-0.3, -0.25) is 0 Å². The fraction of sp³-hybridized carbons (Fsp3) is 0.917. The molecule has 0 saturated heterocycles. The number of hydrogen-bond acceptors (Lipinski definition) is 1. The number of rotatable bonds is 3. The second-order valence-corrected chi connectivity index (χ2v) is 5.21. The lowest BCUT2D eigenvalue weighted by molar-refractivity contribution is -0.108. The lowest BCUT2D eigenvalue weighted by atomic mass is 9.63. The van der Waals surface area contributed by atoms with E-state index in [1.54, 1.807) is 0 Å². The molecule has 0 aliphatic heterocycles. The Balaban J connectivity index is 2.57. The van der Waals surface area contributed by atoms with Crippen LogP contribution in [-0.4, -0.2) is 6.29 Å². The minimum atomic E-state index is 0.459. The molecule has 1 aliphatic carbocycles. The van der Waals surface area contributed by atoms with Gasteiger partial charge in [0, 0.05) is 6.42 Å². The average Bonchev–Trinajstić information content (AvgIpc) is 2.02. The lowest BCUT2D eigenvalue weighted by Crippen LogP contribution is -2.33. The maximum Gasteiger partial charge on any atom is 0.120 e. The number of hydrogen-bond donors (Lipinski definition) is 0. The Morgan fingerprint density at radius 1 is 1.46 bits per heavy atom. The largest absolute Gasteiger partial charge is 0.303 e. The van der Waals surface area contributed by atoms with Crippen LogP contribution in [0.1, 0.15) is 52.9 Å². The van der Waals surface area contributed by atoms with E-state index < -0.39 is 0 Å². The summed E-state index contributed by atoms with van der Waals surface area (Å²) in [7, 11) is 0. The Labute approximate surface area is 81.9 Å². The summed E-state index contributed by atoms with van der Waals surface area (Å²) in [6, 6.07) is 0. The van der Waals surface area contributed by atoms with Gasteiger partial charge in [-0.15, -0.1) is 0 Å². The van der Waals surface area contributed by atoms with E-state index in [1.165, 1.54) is 19.3 Å². The Morgan fingerprint density at radius 2 is 2.15 bits per heavy atom. The average molecular weight is 182 g/mol. The van der Waals surface area contributed by atoms with Crippen LogP contribution in [0.2, 0.25) is 0 Å². The molecule has 1 aliphatic rings. The molecule has 0 aromatic carbocycles. The van der Waals surface area contributed by atoms with Crippen molar-refractivity contribution in [2.75, 3.05) is 0 Å². The van der Waals surface area contributed by atoms with E-state index in [1.807, 2.05) is 0 Å². The predicted octanol–water partition coefficient (Wildman–Crippen LogP) is 3.43. The van der Waals surface area contributed by atoms with Gasteiger partial charge in [0.15, 0.2) is 0 Å². The van der Waals surface area contributed by atoms with Gasteiger partial charge in [-0.2, -0.15) is 0 Å². The zero-order valence-corrected chi connectivity index (χ0v) is 9.18. The van der Waals surface area contributed by atoms with E-state index in [2.05, 4.69) is 20.8 Å². The van der Waals surface area contributed by atoms with Crippen molar-refractivity contribution in [3.05, 3.63) is 0 Å². The van der Waals surface area contributed by atoms with E-state index in [-0.39, 0.29) is 0 Å². The molecular weight excluding hydrogens is 160 g/mol. The molecule has 0 aromatic heterocycles. The van der Waals surface area contributed by atoms with Crippen LogP contribution in [-0.2, 0) is 4.79 Å². The molecule has 0 N–H and O–H groups in total. The minimum Gasteiger partial charge on any atom is -0.303 e. The number of carbonyl (C=O) groups excluding carboxylic acids is 1.